The van der Waals surface area contributed by atoms with Gasteiger partial charge in [-0.15, -0.1) is 11.3 Å². The van der Waals surface area contributed by atoms with Gasteiger partial charge >= 0.3 is 11.8 Å². The van der Waals surface area contributed by atoms with E-state index >= 15 is 0 Å². The van der Waals surface area contributed by atoms with Crippen LogP contribution in [0.4, 0.5) is 5.69 Å². The molecule has 0 aliphatic rings. The minimum absolute atomic E-state index is 0.301. The van der Waals surface area contributed by atoms with Crippen molar-refractivity contribution in [3.8, 4) is 0 Å². The van der Waals surface area contributed by atoms with Gasteiger partial charge in [0.2, 0.25) is 0 Å². The van der Waals surface area contributed by atoms with E-state index in [2.05, 4.69) is 10.6 Å². The van der Waals surface area contributed by atoms with Crippen LogP contribution in [0.25, 0.3) is 0 Å². The summed E-state index contributed by atoms with van der Waals surface area (Å²) in [7, 11) is 0. The van der Waals surface area contributed by atoms with Crippen LogP contribution in [0.2, 0.25) is 10.0 Å². The van der Waals surface area contributed by atoms with Gasteiger partial charge in [-0.25, -0.2) is 0 Å². The highest BCUT2D eigenvalue weighted by atomic mass is 35.5. The average Bonchev–Trinajstić information content (AvgIpc) is 2.93. The molecule has 2 aromatic rings. The molecule has 2 N–H and O–H groups in total. The maximum absolute atomic E-state index is 11.7. The van der Waals surface area contributed by atoms with E-state index in [1.807, 2.05) is 17.5 Å². The van der Waals surface area contributed by atoms with Gasteiger partial charge in [0.05, 0.1) is 17.3 Å². The molecule has 2 rings (SSSR count). The Morgan fingerprint density at radius 2 is 1.95 bits per heavy atom. The van der Waals surface area contributed by atoms with E-state index in [0.717, 1.165) is 4.88 Å². The number of thiophene rings is 1. The van der Waals surface area contributed by atoms with Crippen LogP contribution < -0.4 is 10.6 Å². The van der Waals surface area contributed by atoms with E-state index in [0.29, 0.717) is 22.3 Å². The number of anilines is 1. The summed E-state index contributed by atoms with van der Waals surface area (Å²) in [4.78, 5) is 24.3. The van der Waals surface area contributed by atoms with Crippen molar-refractivity contribution >= 4 is 52.0 Å². The first-order valence-electron chi connectivity index (χ1n) is 5.63. The number of hydrogen-bond donors (Lipinski definition) is 2. The number of benzene rings is 1. The fourth-order valence-corrected chi connectivity index (χ4v) is 2.41. The molecule has 1 aromatic carbocycles. The highest BCUT2D eigenvalue weighted by molar-refractivity contribution is 7.09. The van der Waals surface area contributed by atoms with Gasteiger partial charge < -0.3 is 10.6 Å². The Bertz CT molecular complexity index is 629. The molecular weight excluding hydrogens is 319 g/mol. The number of carbonyl (C=O) groups excluding carboxylic acids is 2. The minimum Gasteiger partial charge on any atom is -0.343 e. The fraction of sp³-hybridized carbons (Fsp3) is 0.0769. The standard InChI is InChI=1S/C13H10Cl2N2O2S/c14-8-3-4-10(15)11(6-8)17-13(19)12(18)16-7-9-2-1-5-20-9/h1-6H,7H2,(H,16,18)(H,17,19). The lowest BCUT2D eigenvalue weighted by Crippen LogP contribution is -2.34. The second kappa shape index (κ2) is 6.74. The Hall–Kier alpha value is -1.56. The van der Waals surface area contributed by atoms with Crippen molar-refractivity contribution in [1.29, 1.82) is 0 Å². The smallest absolute Gasteiger partial charge is 0.313 e. The van der Waals surface area contributed by atoms with E-state index in [1.165, 1.54) is 17.4 Å². The molecule has 0 unspecified atom stereocenters. The van der Waals surface area contributed by atoms with Gasteiger partial charge in [-0.1, -0.05) is 29.3 Å². The van der Waals surface area contributed by atoms with Crippen LogP contribution in [-0.4, -0.2) is 11.8 Å². The molecule has 0 aliphatic heterocycles. The predicted octanol–water partition coefficient (Wildman–Crippen LogP) is 3.31. The highest BCUT2D eigenvalue weighted by Crippen LogP contribution is 2.25. The highest BCUT2D eigenvalue weighted by Gasteiger charge is 2.15. The summed E-state index contributed by atoms with van der Waals surface area (Å²) in [5.41, 5.74) is 0.301. The number of hydrogen-bond acceptors (Lipinski definition) is 3. The lowest BCUT2D eigenvalue weighted by Gasteiger charge is -2.07. The van der Waals surface area contributed by atoms with Gasteiger partial charge in [-0.05, 0) is 29.6 Å². The largest absolute Gasteiger partial charge is 0.343 e. The first kappa shape index (κ1) is 14.8. The number of nitrogens with one attached hydrogen (secondary N) is 2. The number of halogens is 2. The van der Waals surface area contributed by atoms with Gasteiger partial charge in [-0.2, -0.15) is 0 Å². The maximum atomic E-state index is 11.7. The molecule has 0 fully saturated rings. The van der Waals surface area contributed by atoms with Crippen molar-refractivity contribution in [2.75, 3.05) is 5.32 Å². The summed E-state index contributed by atoms with van der Waals surface area (Å²) >= 11 is 13.2. The third kappa shape index (κ3) is 3.96. The zero-order chi connectivity index (χ0) is 14.5. The summed E-state index contributed by atoms with van der Waals surface area (Å²) in [5.74, 6) is -1.51. The third-order valence-electron chi connectivity index (χ3n) is 2.39. The van der Waals surface area contributed by atoms with Crippen LogP contribution in [0, 0.1) is 0 Å². The third-order valence-corrected chi connectivity index (χ3v) is 3.83. The molecule has 0 spiro atoms. The van der Waals surface area contributed by atoms with Crippen molar-refractivity contribution in [3.63, 3.8) is 0 Å². The zero-order valence-corrected chi connectivity index (χ0v) is 12.5. The molecule has 20 heavy (non-hydrogen) atoms. The SMILES string of the molecule is O=C(NCc1cccs1)C(=O)Nc1cc(Cl)ccc1Cl. The maximum Gasteiger partial charge on any atom is 0.313 e. The first-order valence-corrected chi connectivity index (χ1v) is 7.26. The van der Waals surface area contributed by atoms with Gasteiger partial charge in [0.1, 0.15) is 0 Å². The lowest BCUT2D eigenvalue weighted by atomic mass is 10.3. The summed E-state index contributed by atoms with van der Waals surface area (Å²) < 4.78 is 0. The Labute approximate surface area is 129 Å². The van der Waals surface area contributed by atoms with E-state index in [-0.39, 0.29) is 0 Å². The van der Waals surface area contributed by atoms with Crippen LogP contribution in [0.3, 0.4) is 0 Å². The van der Waals surface area contributed by atoms with E-state index in [1.54, 1.807) is 12.1 Å². The van der Waals surface area contributed by atoms with Crippen molar-refractivity contribution < 1.29 is 9.59 Å². The van der Waals surface area contributed by atoms with Crippen LogP contribution in [0.5, 0.6) is 0 Å². The molecule has 1 heterocycles. The van der Waals surface area contributed by atoms with E-state index in [9.17, 15) is 9.59 Å². The van der Waals surface area contributed by atoms with Gasteiger partial charge in [0.15, 0.2) is 0 Å². The van der Waals surface area contributed by atoms with Crippen molar-refractivity contribution in [2.45, 2.75) is 6.54 Å². The Morgan fingerprint density at radius 1 is 1.15 bits per heavy atom. The average molecular weight is 329 g/mol. The van der Waals surface area contributed by atoms with Crippen LogP contribution >= 0.6 is 34.5 Å². The van der Waals surface area contributed by atoms with Crippen molar-refractivity contribution in [3.05, 3.63) is 50.6 Å². The number of rotatable bonds is 3. The molecule has 2 amide bonds. The van der Waals surface area contributed by atoms with Crippen LogP contribution in [0.15, 0.2) is 35.7 Å². The minimum atomic E-state index is -0.786. The lowest BCUT2D eigenvalue weighted by molar-refractivity contribution is -0.136. The van der Waals surface area contributed by atoms with Crippen molar-refractivity contribution in [1.82, 2.24) is 5.32 Å². The number of amides is 2. The van der Waals surface area contributed by atoms with E-state index in [4.69, 9.17) is 23.2 Å². The molecule has 104 valence electrons. The topological polar surface area (TPSA) is 58.2 Å². The molecular formula is C13H10Cl2N2O2S. The van der Waals surface area contributed by atoms with Crippen LogP contribution in [-0.2, 0) is 16.1 Å². The summed E-state index contributed by atoms with van der Waals surface area (Å²) in [6, 6.07) is 8.36. The predicted molar refractivity (Wildman–Crippen MR) is 81.3 cm³/mol. The molecule has 0 radical (unpaired) electrons. The van der Waals surface area contributed by atoms with Gasteiger partial charge in [-0.3, -0.25) is 9.59 Å². The molecule has 0 atom stereocenters. The van der Waals surface area contributed by atoms with Gasteiger partial charge in [0.25, 0.3) is 0 Å². The zero-order valence-electron chi connectivity index (χ0n) is 10.2. The molecule has 4 nitrogen and oxygen atoms in total. The molecule has 0 saturated heterocycles. The van der Waals surface area contributed by atoms with Crippen LogP contribution in [0.1, 0.15) is 4.88 Å². The monoisotopic (exact) mass is 328 g/mol. The quantitative estimate of drug-likeness (QED) is 0.849. The molecule has 7 heteroatoms. The van der Waals surface area contributed by atoms with Crippen molar-refractivity contribution in [2.24, 2.45) is 0 Å². The molecule has 1 aromatic heterocycles. The summed E-state index contributed by atoms with van der Waals surface area (Å²) in [5, 5.41) is 7.57. The molecule has 0 saturated carbocycles. The Kier molecular flexibility index (Phi) is 5.00. The second-order valence-corrected chi connectivity index (χ2v) is 5.72. The summed E-state index contributed by atoms with van der Waals surface area (Å²) in [6.45, 7) is 0.313. The Morgan fingerprint density at radius 3 is 2.65 bits per heavy atom. The fourth-order valence-electron chi connectivity index (χ4n) is 1.43. The van der Waals surface area contributed by atoms with E-state index < -0.39 is 11.8 Å². The molecule has 0 aliphatic carbocycles. The first-order chi connectivity index (χ1) is 9.56. The second-order valence-electron chi connectivity index (χ2n) is 3.84. The van der Waals surface area contributed by atoms with Gasteiger partial charge in [0, 0.05) is 9.90 Å². The normalized spacial score (nSPS) is 10.1. The number of carbonyl (C=O) groups is 2. The molecule has 0 bridgehead atoms. The summed E-state index contributed by atoms with van der Waals surface area (Å²) in [6.07, 6.45) is 0. The Balaban J connectivity index is 1.93.